The molecule has 1 aliphatic heterocycles. The van der Waals surface area contributed by atoms with Crippen molar-refractivity contribution in [2.45, 2.75) is 19.0 Å². The molecule has 3 aromatic carbocycles. The molecule has 4 rings (SSSR count). The summed E-state index contributed by atoms with van der Waals surface area (Å²) in [5.41, 5.74) is 4.56. The van der Waals surface area contributed by atoms with Crippen LogP contribution < -0.4 is 14.4 Å². The van der Waals surface area contributed by atoms with Crippen molar-refractivity contribution in [2.24, 2.45) is 0 Å². The lowest BCUT2D eigenvalue weighted by atomic mass is 9.87. The lowest BCUT2D eigenvalue weighted by Crippen LogP contribution is -3.12. The molecule has 0 bridgehead atoms. The van der Waals surface area contributed by atoms with Gasteiger partial charge in [-0.25, -0.2) is 4.39 Å². The van der Waals surface area contributed by atoms with Crippen molar-refractivity contribution in [3.05, 3.63) is 93.8 Å². The number of halogens is 2. The molecule has 0 saturated carbocycles. The van der Waals surface area contributed by atoms with E-state index in [2.05, 4.69) is 18.2 Å². The van der Waals surface area contributed by atoms with E-state index in [-0.39, 0.29) is 11.9 Å². The molecular weight excluding hydrogens is 389 g/mol. The fourth-order valence-corrected chi connectivity index (χ4v) is 4.48. The molecule has 1 heterocycles. The summed E-state index contributed by atoms with van der Waals surface area (Å²) in [4.78, 5) is 1.34. The maximum atomic E-state index is 13.8. The first-order chi connectivity index (χ1) is 14.1. The van der Waals surface area contributed by atoms with Crippen LogP contribution in [0.4, 0.5) is 4.39 Å². The summed E-state index contributed by atoms with van der Waals surface area (Å²) >= 11 is 6.32. The van der Waals surface area contributed by atoms with Crippen molar-refractivity contribution in [1.82, 2.24) is 0 Å². The van der Waals surface area contributed by atoms with Gasteiger partial charge in [0.05, 0.1) is 20.8 Å². The highest BCUT2D eigenvalue weighted by Crippen LogP contribution is 2.36. The van der Waals surface area contributed by atoms with E-state index in [1.54, 1.807) is 26.4 Å². The van der Waals surface area contributed by atoms with Crippen LogP contribution in [-0.4, -0.2) is 20.8 Å². The molecule has 0 fully saturated rings. The third-order valence-corrected chi connectivity index (χ3v) is 5.82. The van der Waals surface area contributed by atoms with Crippen LogP contribution in [0.15, 0.2) is 60.7 Å². The Morgan fingerprint density at radius 2 is 1.76 bits per heavy atom. The van der Waals surface area contributed by atoms with Crippen LogP contribution in [0.1, 0.15) is 28.3 Å². The largest absolute Gasteiger partial charge is 0.493 e. The Hall–Kier alpha value is -2.56. The third kappa shape index (κ3) is 4.09. The van der Waals surface area contributed by atoms with Gasteiger partial charge >= 0.3 is 0 Å². The summed E-state index contributed by atoms with van der Waals surface area (Å²) in [6.45, 7) is 1.65. The topological polar surface area (TPSA) is 22.9 Å². The second-order valence-corrected chi connectivity index (χ2v) is 7.80. The second kappa shape index (κ2) is 8.44. The first-order valence-corrected chi connectivity index (χ1v) is 10.1. The lowest BCUT2D eigenvalue weighted by molar-refractivity contribution is -0.941. The molecule has 2 atom stereocenters. The zero-order chi connectivity index (χ0) is 20.4. The van der Waals surface area contributed by atoms with E-state index in [9.17, 15) is 4.39 Å². The van der Waals surface area contributed by atoms with E-state index < -0.39 is 0 Å². The number of methoxy groups -OCH3 is 2. The first-order valence-electron chi connectivity index (χ1n) is 9.68. The number of fused-ring (bicyclic) bond motifs is 1. The van der Waals surface area contributed by atoms with Gasteiger partial charge in [0.2, 0.25) is 0 Å². The molecule has 5 heteroatoms. The van der Waals surface area contributed by atoms with Crippen molar-refractivity contribution in [3.8, 4) is 11.5 Å². The minimum absolute atomic E-state index is 0.0699. The molecule has 0 aliphatic carbocycles. The van der Waals surface area contributed by atoms with Gasteiger partial charge in [-0.2, -0.15) is 0 Å². The van der Waals surface area contributed by atoms with Crippen molar-refractivity contribution in [1.29, 1.82) is 0 Å². The van der Waals surface area contributed by atoms with Crippen molar-refractivity contribution < 1.29 is 18.8 Å². The smallest absolute Gasteiger partial charge is 0.161 e. The Labute approximate surface area is 175 Å². The maximum absolute atomic E-state index is 13.8. The van der Waals surface area contributed by atoms with Gasteiger partial charge in [0.1, 0.15) is 18.4 Å². The second-order valence-electron chi connectivity index (χ2n) is 7.36. The summed E-state index contributed by atoms with van der Waals surface area (Å²) in [6, 6.07) is 19.1. The highest BCUT2D eigenvalue weighted by molar-refractivity contribution is 6.30. The summed E-state index contributed by atoms with van der Waals surface area (Å²) in [5.74, 6) is 1.25. The van der Waals surface area contributed by atoms with Crippen LogP contribution in [0, 0.1) is 5.82 Å². The number of quaternary nitrogens is 1. The molecule has 3 aromatic rings. The highest BCUT2D eigenvalue weighted by atomic mass is 35.5. The Bertz CT molecular complexity index is 1020. The molecule has 0 radical (unpaired) electrons. The zero-order valence-electron chi connectivity index (χ0n) is 16.5. The lowest BCUT2D eigenvalue weighted by Gasteiger charge is -2.35. The van der Waals surface area contributed by atoms with Crippen LogP contribution in [-0.2, 0) is 13.0 Å². The van der Waals surface area contributed by atoms with Crippen LogP contribution in [0.25, 0.3) is 0 Å². The molecule has 1 unspecified atom stereocenters. The summed E-state index contributed by atoms with van der Waals surface area (Å²) in [5, 5.41) is 0.709. The van der Waals surface area contributed by atoms with Crippen molar-refractivity contribution >= 4 is 11.6 Å². The molecule has 1 N–H and O–H groups in total. The van der Waals surface area contributed by atoms with Gasteiger partial charge in [-0.3, -0.25) is 0 Å². The van der Waals surface area contributed by atoms with Gasteiger partial charge in [0.15, 0.2) is 11.5 Å². The Kier molecular flexibility index (Phi) is 5.74. The Morgan fingerprint density at radius 3 is 2.48 bits per heavy atom. The number of benzene rings is 3. The third-order valence-electron chi connectivity index (χ3n) is 5.58. The molecular formula is C24H24ClFNO2+. The van der Waals surface area contributed by atoms with E-state index in [1.165, 1.54) is 22.1 Å². The number of hydrogen-bond donors (Lipinski definition) is 1. The average Bonchev–Trinajstić information content (AvgIpc) is 2.72. The number of ether oxygens (including phenoxy) is 2. The Balaban J connectivity index is 1.80. The first kappa shape index (κ1) is 19.7. The summed E-state index contributed by atoms with van der Waals surface area (Å²) in [7, 11) is 3.31. The monoisotopic (exact) mass is 412 g/mol. The zero-order valence-corrected chi connectivity index (χ0v) is 17.3. The van der Waals surface area contributed by atoms with Crippen molar-refractivity contribution in [3.63, 3.8) is 0 Å². The van der Waals surface area contributed by atoms with Gasteiger partial charge < -0.3 is 14.4 Å². The normalized spacial score (nSPS) is 18.2. The summed E-state index contributed by atoms with van der Waals surface area (Å²) < 4.78 is 24.8. The van der Waals surface area contributed by atoms with Crippen molar-refractivity contribution in [2.75, 3.05) is 20.8 Å². The van der Waals surface area contributed by atoms with E-state index in [4.69, 9.17) is 21.1 Å². The van der Waals surface area contributed by atoms with E-state index >= 15 is 0 Å². The fraction of sp³-hybridized carbons (Fsp3) is 0.250. The minimum Gasteiger partial charge on any atom is -0.493 e. The van der Waals surface area contributed by atoms with Crippen LogP contribution in [0.5, 0.6) is 11.5 Å². The number of hydrogen-bond acceptors (Lipinski definition) is 2. The number of nitrogens with one attached hydrogen (secondary N) is 1. The average molecular weight is 413 g/mol. The van der Waals surface area contributed by atoms with Gasteiger partial charge in [-0.05, 0) is 42.0 Å². The van der Waals surface area contributed by atoms with Gasteiger partial charge in [-0.1, -0.05) is 35.9 Å². The SMILES string of the molecule is COc1cc2c(cc1OC)[C@@H](c1cccc(Cl)c1)[NH+](Cc1cccc(F)c1)CC2. The van der Waals surface area contributed by atoms with Gasteiger partial charge in [-0.15, -0.1) is 0 Å². The van der Waals surface area contributed by atoms with Crippen LogP contribution >= 0.6 is 11.6 Å². The fourth-order valence-electron chi connectivity index (χ4n) is 4.28. The van der Waals surface area contributed by atoms with E-state index in [1.807, 2.05) is 24.3 Å². The van der Waals surface area contributed by atoms with Gasteiger partial charge in [0, 0.05) is 28.1 Å². The van der Waals surface area contributed by atoms with E-state index in [0.29, 0.717) is 10.8 Å². The standard InChI is InChI=1S/C24H23ClFNO2/c1-28-22-13-17-9-10-27(15-16-5-3-8-20(26)11-16)24(21(17)14-23(22)29-2)18-6-4-7-19(25)12-18/h3-8,11-14,24H,9-10,15H2,1-2H3/p+1/t24-/m1/s1. The predicted molar refractivity (Wildman–Crippen MR) is 112 cm³/mol. The molecule has 3 nitrogen and oxygen atoms in total. The minimum atomic E-state index is -0.204. The maximum Gasteiger partial charge on any atom is 0.161 e. The molecule has 0 amide bonds. The van der Waals surface area contributed by atoms with E-state index in [0.717, 1.165) is 36.4 Å². The quantitative estimate of drug-likeness (QED) is 0.677. The van der Waals surface area contributed by atoms with Crippen LogP contribution in [0.2, 0.25) is 5.02 Å². The molecule has 150 valence electrons. The number of rotatable bonds is 5. The van der Waals surface area contributed by atoms with Crippen LogP contribution in [0.3, 0.4) is 0 Å². The molecule has 1 aliphatic rings. The predicted octanol–water partition coefficient (Wildman–Crippen LogP) is 4.23. The molecule has 0 saturated heterocycles. The molecule has 0 aromatic heterocycles. The highest BCUT2D eigenvalue weighted by Gasteiger charge is 2.34. The molecule has 29 heavy (non-hydrogen) atoms. The Morgan fingerprint density at radius 1 is 1.00 bits per heavy atom. The van der Waals surface area contributed by atoms with Gasteiger partial charge in [0.25, 0.3) is 0 Å². The molecule has 0 spiro atoms. The summed E-state index contributed by atoms with van der Waals surface area (Å²) in [6.07, 6.45) is 0.914.